The molecule has 6 aromatic rings. The van der Waals surface area contributed by atoms with E-state index in [4.69, 9.17) is 4.74 Å². The first-order valence-corrected chi connectivity index (χ1v) is 12.6. The smallest absolute Gasteiger partial charge is 0.143 e. The maximum Gasteiger partial charge on any atom is 0.143 e. The van der Waals surface area contributed by atoms with Gasteiger partial charge < -0.3 is 19.1 Å². The molecule has 0 fully saturated rings. The molecule has 1 aliphatic heterocycles. The number of nitrogens with zero attached hydrogens (tertiary/aromatic N) is 4. The molecule has 0 saturated carbocycles. The molecule has 0 unspecified atom stereocenters. The Hall–Kier alpha value is -4.08. The number of fused-ring (bicyclic) bond motifs is 4. The second-order valence-corrected chi connectivity index (χ2v) is 9.65. The number of aromatic nitrogens is 2. The minimum atomic E-state index is 0. The Morgan fingerprint density at radius 3 is 2.21 bits per heavy atom. The summed E-state index contributed by atoms with van der Waals surface area (Å²) in [7, 11) is 2.07. The van der Waals surface area contributed by atoms with E-state index in [0.29, 0.717) is 11.5 Å². The van der Waals surface area contributed by atoms with E-state index in [-0.39, 0.29) is 21.1 Å². The molecular formula is C33H25N4OPt-3. The summed E-state index contributed by atoms with van der Waals surface area (Å²) in [5.74, 6) is 1.25. The van der Waals surface area contributed by atoms with Gasteiger partial charge in [0.05, 0.1) is 5.52 Å². The number of benzene rings is 4. The number of para-hydroxylation sites is 1. The minimum absolute atomic E-state index is 0. The van der Waals surface area contributed by atoms with Crippen molar-refractivity contribution in [1.29, 1.82) is 0 Å². The minimum Gasteiger partial charge on any atom is -0.509 e. The van der Waals surface area contributed by atoms with Gasteiger partial charge in [-0.05, 0) is 62.4 Å². The van der Waals surface area contributed by atoms with E-state index in [2.05, 4.69) is 95.4 Å². The van der Waals surface area contributed by atoms with Gasteiger partial charge in [0.2, 0.25) is 0 Å². The molecule has 0 bridgehead atoms. The molecule has 6 heteroatoms. The monoisotopic (exact) mass is 688 g/mol. The third-order valence-corrected chi connectivity index (χ3v) is 7.18. The summed E-state index contributed by atoms with van der Waals surface area (Å²) in [6, 6.07) is 35.7. The molecule has 4 aromatic carbocycles. The van der Waals surface area contributed by atoms with Crippen LogP contribution >= 0.6 is 0 Å². The van der Waals surface area contributed by atoms with Crippen LogP contribution in [0.1, 0.15) is 11.1 Å². The van der Waals surface area contributed by atoms with Gasteiger partial charge >= 0.3 is 0 Å². The van der Waals surface area contributed by atoms with Crippen LogP contribution < -0.4 is 14.5 Å². The summed E-state index contributed by atoms with van der Waals surface area (Å²) in [6.07, 6.45) is 1.83. The molecule has 0 saturated heterocycles. The maximum atomic E-state index is 6.30. The summed E-state index contributed by atoms with van der Waals surface area (Å²) in [5.41, 5.74) is 8.62. The van der Waals surface area contributed by atoms with Gasteiger partial charge in [-0.25, -0.2) is 4.98 Å². The molecule has 39 heavy (non-hydrogen) atoms. The van der Waals surface area contributed by atoms with E-state index < -0.39 is 0 Å². The van der Waals surface area contributed by atoms with Crippen molar-refractivity contribution in [2.24, 2.45) is 0 Å². The number of rotatable bonds is 4. The summed E-state index contributed by atoms with van der Waals surface area (Å²) >= 11 is 0. The topological polar surface area (TPSA) is 33.5 Å². The van der Waals surface area contributed by atoms with Gasteiger partial charge in [0.1, 0.15) is 5.65 Å². The van der Waals surface area contributed by atoms with Crippen molar-refractivity contribution >= 4 is 39.0 Å². The Balaban J connectivity index is 0.00000277. The van der Waals surface area contributed by atoms with Gasteiger partial charge in [-0.3, -0.25) is 0 Å². The van der Waals surface area contributed by atoms with Gasteiger partial charge in [-0.2, -0.15) is 18.8 Å². The number of aryl methyl sites for hydroxylation is 2. The normalized spacial score (nSPS) is 12.6. The van der Waals surface area contributed by atoms with Crippen molar-refractivity contribution < 1.29 is 25.8 Å². The molecular weight excluding hydrogens is 663 g/mol. The average Bonchev–Trinajstić information content (AvgIpc) is 3.44. The number of ether oxygens (including phenoxy) is 1. The fourth-order valence-corrected chi connectivity index (χ4v) is 5.17. The predicted octanol–water partition coefficient (Wildman–Crippen LogP) is 7.89. The van der Waals surface area contributed by atoms with Gasteiger partial charge in [0.15, 0.2) is 0 Å². The molecule has 0 radical (unpaired) electrons. The molecule has 1 aliphatic rings. The Bertz CT molecular complexity index is 1790. The molecule has 196 valence electrons. The van der Waals surface area contributed by atoms with Crippen molar-refractivity contribution in [3.05, 3.63) is 121 Å². The van der Waals surface area contributed by atoms with Crippen LogP contribution in [0.5, 0.6) is 11.5 Å². The average molecular weight is 689 g/mol. The zero-order chi connectivity index (χ0) is 25.8. The summed E-state index contributed by atoms with van der Waals surface area (Å²) < 4.78 is 8.43. The van der Waals surface area contributed by atoms with Crippen molar-refractivity contribution in [2.75, 3.05) is 16.8 Å². The van der Waals surface area contributed by atoms with Crippen LogP contribution in [-0.4, -0.2) is 16.6 Å². The first kappa shape index (κ1) is 25.2. The van der Waals surface area contributed by atoms with Crippen LogP contribution in [0.15, 0.2) is 91.1 Å². The predicted molar refractivity (Wildman–Crippen MR) is 154 cm³/mol. The Morgan fingerprint density at radius 1 is 0.744 bits per heavy atom. The van der Waals surface area contributed by atoms with E-state index >= 15 is 0 Å². The van der Waals surface area contributed by atoms with Gasteiger partial charge in [-0.1, -0.05) is 23.9 Å². The second-order valence-electron chi connectivity index (χ2n) is 9.65. The zero-order valence-corrected chi connectivity index (χ0v) is 24.0. The molecule has 7 rings (SSSR count). The Morgan fingerprint density at radius 2 is 1.41 bits per heavy atom. The van der Waals surface area contributed by atoms with Crippen molar-refractivity contribution in [2.45, 2.75) is 13.8 Å². The summed E-state index contributed by atoms with van der Waals surface area (Å²) in [6.45, 7) is 6.37. The first-order valence-electron chi connectivity index (χ1n) is 12.6. The summed E-state index contributed by atoms with van der Waals surface area (Å²) in [4.78, 5) is 8.97. The standard InChI is InChI=1S/C33H25N4O.Pt/c1-22-17-31-32(18-23(22)2)36(21-35(31)3)24-9-6-11-26(19-24)38-27-12-7-10-25(20-27)37-30-15-5-4-13-28(30)29-14-8-16-34-33(29)37;/h4-18,21H,1-3H3;/q-3;. The number of hydrogen-bond acceptors (Lipinski definition) is 4. The molecule has 0 spiro atoms. The molecule has 0 atom stereocenters. The van der Waals surface area contributed by atoms with Crippen LogP contribution in [0.25, 0.3) is 27.6 Å². The van der Waals surface area contributed by atoms with Crippen LogP contribution in [0.2, 0.25) is 0 Å². The number of anilines is 3. The third kappa shape index (κ3) is 4.27. The fraction of sp³-hybridized carbons (Fsp3) is 0.0909. The van der Waals surface area contributed by atoms with E-state index in [9.17, 15) is 0 Å². The second kappa shape index (κ2) is 9.90. The van der Waals surface area contributed by atoms with Crippen molar-refractivity contribution in [3.63, 3.8) is 0 Å². The molecule has 0 N–H and O–H groups in total. The van der Waals surface area contributed by atoms with E-state index in [0.717, 1.165) is 39.0 Å². The van der Waals surface area contributed by atoms with E-state index in [1.165, 1.54) is 16.8 Å². The SMILES string of the molecule is Cc1cc2c(cc1C)N(c1[c-]c(Oc3[c-]c(-n4c5ccccc5c5cccnc54)ccc3)ccc1)[CH-]N2C.[Pt]. The largest absolute Gasteiger partial charge is 0.509 e. The Labute approximate surface area is 242 Å². The molecule has 5 nitrogen and oxygen atoms in total. The maximum absolute atomic E-state index is 6.30. The van der Waals surface area contributed by atoms with Gasteiger partial charge in [0.25, 0.3) is 0 Å². The Kier molecular flexibility index (Phi) is 6.40. The van der Waals surface area contributed by atoms with Crippen LogP contribution in [0.3, 0.4) is 0 Å². The molecule has 0 amide bonds. The van der Waals surface area contributed by atoms with Crippen LogP contribution in [0.4, 0.5) is 17.1 Å². The number of hydrogen-bond donors (Lipinski definition) is 0. The van der Waals surface area contributed by atoms with Crippen molar-refractivity contribution in [3.8, 4) is 17.2 Å². The number of pyridine rings is 1. The molecule has 3 heterocycles. The quantitative estimate of drug-likeness (QED) is 0.177. The third-order valence-electron chi connectivity index (χ3n) is 7.18. The van der Waals surface area contributed by atoms with E-state index in [1.807, 2.05) is 54.7 Å². The van der Waals surface area contributed by atoms with Crippen molar-refractivity contribution in [1.82, 2.24) is 9.55 Å². The first-order chi connectivity index (χ1) is 18.6. The van der Waals surface area contributed by atoms with Gasteiger partial charge in [0, 0.05) is 60.9 Å². The zero-order valence-electron chi connectivity index (χ0n) is 21.8. The summed E-state index contributed by atoms with van der Waals surface area (Å²) in [5, 5.41) is 2.27. The van der Waals surface area contributed by atoms with E-state index in [1.54, 1.807) is 0 Å². The van der Waals surface area contributed by atoms with Gasteiger partial charge in [-0.15, -0.1) is 42.1 Å². The van der Waals surface area contributed by atoms with Crippen LogP contribution in [-0.2, 0) is 21.1 Å². The van der Waals surface area contributed by atoms with Crippen LogP contribution in [0, 0.1) is 32.6 Å². The molecule has 0 aliphatic carbocycles. The molecule has 2 aromatic heterocycles. The fourth-order valence-electron chi connectivity index (χ4n) is 5.17.